The summed E-state index contributed by atoms with van der Waals surface area (Å²) in [5, 5.41) is 22.3. The number of amides is 1. The maximum atomic E-state index is 12.0. The minimum absolute atomic E-state index is 0.0343. The van der Waals surface area contributed by atoms with Crippen LogP contribution in [0.4, 0.5) is 5.69 Å². The van der Waals surface area contributed by atoms with E-state index in [1.165, 1.54) is 25.1 Å². The van der Waals surface area contributed by atoms with Gasteiger partial charge in [0.05, 0.1) is 11.0 Å². The van der Waals surface area contributed by atoms with Crippen molar-refractivity contribution in [3.63, 3.8) is 0 Å². The van der Waals surface area contributed by atoms with E-state index in [1.807, 2.05) is 19.9 Å². The third-order valence-electron chi connectivity index (χ3n) is 2.84. The highest BCUT2D eigenvalue weighted by Gasteiger charge is 2.21. The van der Waals surface area contributed by atoms with Crippen molar-refractivity contribution in [2.24, 2.45) is 5.92 Å². The van der Waals surface area contributed by atoms with Crippen LogP contribution in [-0.4, -0.2) is 16.9 Å². The smallest absolute Gasteiger partial charge is 0.273 e. The molecule has 100 valence electrons. The Kier molecular flexibility index (Phi) is 4.59. The van der Waals surface area contributed by atoms with Crippen LogP contribution in [0.5, 0.6) is 0 Å². The van der Waals surface area contributed by atoms with Crippen molar-refractivity contribution in [1.82, 2.24) is 5.32 Å². The lowest BCUT2D eigenvalue weighted by Gasteiger charge is -2.15. The first kappa shape index (κ1) is 14.6. The van der Waals surface area contributed by atoms with Crippen molar-refractivity contribution < 1.29 is 9.72 Å². The van der Waals surface area contributed by atoms with E-state index in [1.54, 1.807) is 0 Å². The highest BCUT2D eigenvalue weighted by Crippen LogP contribution is 2.21. The van der Waals surface area contributed by atoms with Gasteiger partial charge < -0.3 is 5.32 Å². The first-order valence-electron chi connectivity index (χ1n) is 5.83. The molecule has 0 heterocycles. The number of nitro benzene ring substituents is 1. The zero-order valence-corrected chi connectivity index (χ0v) is 11.0. The van der Waals surface area contributed by atoms with E-state index in [0.29, 0.717) is 5.56 Å². The van der Waals surface area contributed by atoms with E-state index in [-0.39, 0.29) is 17.2 Å². The molecule has 0 fully saturated rings. The SMILES string of the molecule is Cc1c(C(=O)NC(C#N)C(C)C)cccc1[N+](=O)[O-]. The quantitative estimate of drug-likeness (QED) is 0.663. The summed E-state index contributed by atoms with van der Waals surface area (Å²) in [6.45, 7) is 5.15. The molecule has 0 aromatic heterocycles. The molecule has 0 spiro atoms. The molecule has 1 amide bonds. The van der Waals surface area contributed by atoms with Gasteiger partial charge in [-0.3, -0.25) is 14.9 Å². The molecular formula is C13H15N3O3. The number of nitro groups is 1. The van der Waals surface area contributed by atoms with Gasteiger partial charge in [-0.2, -0.15) is 5.26 Å². The number of rotatable bonds is 4. The van der Waals surface area contributed by atoms with Gasteiger partial charge in [-0.05, 0) is 18.9 Å². The van der Waals surface area contributed by atoms with Crippen LogP contribution in [0.3, 0.4) is 0 Å². The first-order valence-corrected chi connectivity index (χ1v) is 5.83. The van der Waals surface area contributed by atoms with Crippen LogP contribution >= 0.6 is 0 Å². The molecule has 0 bridgehead atoms. The molecule has 1 unspecified atom stereocenters. The second-order valence-electron chi connectivity index (χ2n) is 4.53. The van der Waals surface area contributed by atoms with Gasteiger partial charge in [0.2, 0.25) is 0 Å². The summed E-state index contributed by atoms with van der Waals surface area (Å²) in [5.41, 5.74) is 0.409. The van der Waals surface area contributed by atoms with Gasteiger partial charge in [-0.25, -0.2) is 0 Å². The van der Waals surface area contributed by atoms with Gasteiger partial charge in [-0.15, -0.1) is 0 Å². The number of carbonyl (C=O) groups is 1. The Bertz CT molecular complexity index is 547. The fraction of sp³-hybridized carbons (Fsp3) is 0.385. The van der Waals surface area contributed by atoms with Gasteiger partial charge in [0.25, 0.3) is 11.6 Å². The fourth-order valence-corrected chi connectivity index (χ4v) is 1.63. The van der Waals surface area contributed by atoms with Crippen molar-refractivity contribution in [2.45, 2.75) is 26.8 Å². The molecular weight excluding hydrogens is 246 g/mol. The van der Waals surface area contributed by atoms with Crippen LogP contribution in [0.15, 0.2) is 18.2 Å². The van der Waals surface area contributed by atoms with Gasteiger partial charge in [-0.1, -0.05) is 19.9 Å². The molecule has 0 radical (unpaired) electrons. The maximum Gasteiger partial charge on any atom is 0.273 e. The molecule has 0 saturated heterocycles. The molecule has 6 heteroatoms. The molecule has 6 nitrogen and oxygen atoms in total. The average Bonchev–Trinajstić information content (AvgIpc) is 2.35. The van der Waals surface area contributed by atoms with Crippen molar-refractivity contribution >= 4 is 11.6 Å². The van der Waals surface area contributed by atoms with E-state index >= 15 is 0 Å². The number of nitrogens with zero attached hydrogens (tertiary/aromatic N) is 2. The number of hydrogen-bond acceptors (Lipinski definition) is 4. The number of nitrogens with one attached hydrogen (secondary N) is 1. The normalized spacial score (nSPS) is 11.7. The summed E-state index contributed by atoms with van der Waals surface area (Å²) in [6.07, 6.45) is 0. The summed E-state index contributed by atoms with van der Waals surface area (Å²) in [5.74, 6) is -0.505. The molecule has 0 aliphatic carbocycles. The summed E-state index contributed by atoms with van der Waals surface area (Å²) in [6, 6.07) is 5.68. The summed E-state index contributed by atoms with van der Waals surface area (Å²) < 4.78 is 0. The Morgan fingerprint density at radius 3 is 2.58 bits per heavy atom. The monoisotopic (exact) mass is 261 g/mol. The Morgan fingerprint density at radius 1 is 1.47 bits per heavy atom. The molecule has 0 saturated carbocycles. The van der Waals surface area contributed by atoms with E-state index in [9.17, 15) is 14.9 Å². The topological polar surface area (TPSA) is 96.0 Å². The van der Waals surface area contributed by atoms with Crippen LogP contribution in [0.1, 0.15) is 29.8 Å². The lowest BCUT2D eigenvalue weighted by atomic mass is 10.0. The summed E-state index contributed by atoms with van der Waals surface area (Å²) in [7, 11) is 0. The maximum absolute atomic E-state index is 12.0. The lowest BCUT2D eigenvalue weighted by Crippen LogP contribution is -2.37. The Hall–Kier alpha value is -2.42. The number of nitriles is 1. The fourth-order valence-electron chi connectivity index (χ4n) is 1.63. The van der Waals surface area contributed by atoms with Crippen molar-refractivity contribution in [2.75, 3.05) is 0 Å². The predicted octanol–water partition coefficient (Wildman–Crippen LogP) is 2.18. The molecule has 0 aliphatic rings. The second-order valence-corrected chi connectivity index (χ2v) is 4.53. The molecule has 1 aromatic rings. The summed E-state index contributed by atoms with van der Waals surface area (Å²) >= 11 is 0. The minimum Gasteiger partial charge on any atom is -0.336 e. The third kappa shape index (κ3) is 3.28. The van der Waals surface area contributed by atoms with Crippen LogP contribution in [-0.2, 0) is 0 Å². The highest BCUT2D eigenvalue weighted by atomic mass is 16.6. The largest absolute Gasteiger partial charge is 0.336 e. The first-order chi connectivity index (χ1) is 8.88. The van der Waals surface area contributed by atoms with Crippen LogP contribution in [0, 0.1) is 34.3 Å². The molecule has 1 aromatic carbocycles. The number of benzene rings is 1. The van der Waals surface area contributed by atoms with Crippen LogP contribution in [0.2, 0.25) is 0 Å². The Balaban J connectivity index is 3.05. The molecule has 0 aliphatic heterocycles. The second kappa shape index (κ2) is 5.96. The number of carbonyl (C=O) groups excluding carboxylic acids is 1. The molecule has 1 N–H and O–H groups in total. The molecule has 1 atom stereocenters. The van der Waals surface area contributed by atoms with Crippen molar-refractivity contribution in [1.29, 1.82) is 5.26 Å². The zero-order chi connectivity index (χ0) is 14.6. The van der Waals surface area contributed by atoms with Crippen LogP contribution in [0.25, 0.3) is 0 Å². The Morgan fingerprint density at radius 2 is 2.11 bits per heavy atom. The highest BCUT2D eigenvalue weighted by molar-refractivity contribution is 5.96. The third-order valence-corrected chi connectivity index (χ3v) is 2.84. The molecule has 19 heavy (non-hydrogen) atoms. The van der Waals surface area contributed by atoms with Gasteiger partial charge in [0, 0.05) is 17.2 Å². The van der Waals surface area contributed by atoms with E-state index in [4.69, 9.17) is 5.26 Å². The van der Waals surface area contributed by atoms with Gasteiger partial charge >= 0.3 is 0 Å². The average molecular weight is 261 g/mol. The zero-order valence-electron chi connectivity index (χ0n) is 11.0. The molecule has 1 rings (SSSR count). The summed E-state index contributed by atoms with van der Waals surface area (Å²) in [4.78, 5) is 22.3. The van der Waals surface area contributed by atoms with Crippen LogP contribution < -0.4 is 5.32 Å². The van der Waals surface area contributed by atoms with Gasteiger partial charge in [0.1, 0.15) is 6.04 Å². The van der Waals surface area contributed by atoms with Gasteiger partial charge in [0.15, 0.2) is 0 Å². The lowest BCUT2D eigenvalue weighted by molar-refractivity contribution is -0.385. The van der Waals surface area contributed by atoms with Crippen molar-refractivity contribution in [3.05, 3.63) is 39.4 Å². The minimum atomic E-state index is -0.619. The van der Waals surface area contributed by atoms with E-state index < -0.39 is 16.9 Å². The predicted molar refractivity (Wildman–Crippen MR) is 69.5 cm³/mol. The number of hydrogen-bond donors (Lipinski definition) is 1. The standard InChI is InChI=1S/C13H15N3O3/c1-8(2)11(7-14)15-13(17)10-5-4-6-12(9(10)3)16(18)19/h4-6,8,11H,1-3H3,(H,15,17). The Labute approximate surface area is 111 Å². The van der Waals surface area contributed by atoms with Crippen molar-refractivity contribution in [3.8, 4) is 6.07 Å². The van der Waals surface area contributed by atoms with E-state index in [2.05, 4.69) is 5.32 Å². The van der Waals surface area contributed by atoms with E-state index in [0.717, 1.165) is 0 Å².